The summed E-state index contributed by atoms with van der Waals surface area (Å²) in [5.74, 6) is -0.556. The fraction of sp³-hybridized carbons (Fsp3) is 0.538. The molecule has 7 heteroatoms. The molecule has 0 saturated heterocycles. The predicted octanol–water partition coefficient (Wildman–Crippen LogP) is 3.25. The van der Waals surface area contributed by atoms with Crippen molar-refractivity contribution in [2.75, 3.05) is 11.5 Å². The minimum Gasteiger partial charge on any atom is -0.399 e. The summed E-state index contributed by atoms with van der Waals surface area (Å²) in [7, 11) is -3.57. The first kappa shape index (κ1) is 16.8. The number of alkyl halides is 3. The van der Waals surface area contributed by atoms with Crippen molar-refractivity contribution in [2.24, 2.45) is 5.92 Å². The Bertz CT molecular complexity index is 565. The molecule has 0 atom stereocenters. The molecule has 1 aromatic rings. The topological polar surface area (TPSA) is 60.2 Å². The second-order valence-corrected chi connectivity index (χ2v) is 7.37. The van der Waals surface area contributed by atoms with Crippen molar-refractivity contribution in [3.8, 4) is 0 Å². The first-order valence-electron chi connectivity index (χ1n) is 6.17. The summed E-state index contributed by atoms with van der Waals surface area (Å²) in [5.41, 5.74) is 4.06. The SMILES string of the molecule is CC(C)CCS(=O)(=O)Cc1ccc(N)cc1C(F)(F)F. The Hall–Kier alpha value is -1.24. The van der Waals surface area contributed by atoms with Crippen LogP contribution in [0.4, 0.5) is 18.9 Å². The van der Waals surface area contributed by atoms with Crippen LogP contribution in [0.5, 0.6) is 0 Å². The standard InChI is InChI=1S/C13H18F3NO2S/c1-9(2)5-6-20(18,19)8-10-3-4-11(17)7-12(10)13(14,15)16/h3-4,7,9H,5-6,8,17H2,1-2H3. The number of sulfone groups is 1. The van der Waals surface area contributed by atoms with Gasteiger partial charge in [-0.2, -0.15) is 13.2 Å². The van der Waals surface area contributed by atoms with Gasteiger partial charge in [0.15, 0.2) is 9.84 Å². The number of anilines is 1. The van der Waals surface area contributed by atoms with Crippen LogP contribution in [0.25, 0.3) is 0 Å². The zero-order valence-electron chi connectivity index (χ0n) is 11.4. The molecular weight excluding hydrogens is 291 g/mol. The third kappa shape index (κ3) is 5.03. The van der Waals surface area contributed by atoms with Crippen molar-refractivity contribution >= 4 is 15.5 Å². The summed E-state index contributed by atoms with van der Waals surface area (Å²) in [6, 6.07) is 3.18. The van der Waals surface area contributed by atoms with E-state index < -0.39 is 27.3 Å². The molecule has 0 spiro atoms. The summed E-state index contributed by atoms with van der Waals surface area (Å²) in [4.78, 5) is 0. The normalized spacial score (nSPS) is 12.9. The van der Waals surface area contributed by atoms with E-state index in [0.717, 1.165) is 12.1 Å². The highest BCUT2D eigenvalue weighted by molar-refractivity contribution is 7.90. The highest BCUT2D eigenvalue weighted by Crippen LogP contribution is 2.34. The Morgan fingerprint density at radius 1 is 1.25 bits per heavy atom. The Morgan fingerprint density at radius 2 is 1.85 bits per heavy atom. The number of hydrogen-bond acceptors (Lipinski definition) is 3. The lowest BCUT2D eigenvalue weighted by Crippen LogP contribution is -2.16. The van der Waals surface area contributed by atoms with Crippen molar-refractivity contribution in [1.82, 2.24) is 0 Å². The molecule has 3 nitrogen and oxygen atoms in total. The molecule has 0 aliphatic rings. The Balaban J connectivity index is 3.04. The maximum atomic E-state index is 12.9. The number of nitrogens with two attached hydrogens (primary N) is 1. The molecule has 0 aliphatic carbocycles. The number of benzene rings is 1. The molecule has 0 bridgehead atoms. The van der Waals surface area contributed by atoms with Gasteiger partial charge >= 0.3 is 6.18 Å². The van der Waals surface area contributed by atoms with Gasteiger partial charge in [0.1, 0.15) is 0 Å². The summed E-state index contributed by atoms with van der Waals surface area (Å²) in [6.45, 7) is 3.72. The summed E-state index contributed by atoms with van der Waals surface area (Å²) < 4.78 is 62.3. The molecule has 1 rings (SSSR count). The smallest absolute Gasteiger partial charge is 0.399 e. The number of hydrogen-bond donors (Lipinski definition) is 1. The van der Waals surface area contributed by atoms with Crippen molar-refractivity contribution in [3.05, 3.63) is 29.3 Å². The van der Waals surface area contributed by atoms with Gasteiger partial charge in [-0.15, -0.1) is 0 Å². The molecule has 1 aromatic carbocycles. The van der Waals surface area contributed by atoms with Crippen LogP contribution in [0.15, 0.2) is 18.2 Å². The molecule has 2 N–H and O–H groups in total. The average Bonchev–Trinajstić information content (AvgIpc) is 2.27. The predicted molar refractivity (Wildman–Crippen MR) is 72.8 cm³/mol. The maximum Gasteiger partial charge on any atom is 0.416 e. The molecule has 0 saturated carbocycles. The minimum absolute atomic E-state index is 0.0411. The molecule has 0 aliphatic heterocycles. The zero-order valence-corrected chi connectivity index (χ0v) is 12.2. The largest absolute Gasteiger partial charge is 0.416 e. The van der Waals surface area contributed by atoms with Gasteiger partial charge in [0.2, 0.25) is 0 Å². The second-order valence-electron chi connectivity index (χ2n) is 5.19. The summed E-state index contributed by atoms with van der Waals surface area (Å²) in [6.07, 6.45) is -4.18. The number of rotatable bonds is 5. The lowest BCUT2D eigenvalue weighted by atomic mass is 10.1. The van der Waals surface area contributed by atoms with Crippen LogP contribution in [-0.2, 0) is 21.8 Å². The molecule has 114 valence electrons. The highest BCUT2D eigenvalue weighted by Gasteiger charge is 2.34. The van der Waals surface area contributed by atoms with Gasteiger partial charge in [0, 0.05) is 5.69 Å². The Morgan fingerprint density at radius 3 is 2.35 bits per heavy atom. The number of halogens is 3. The number of nitrogen functional groups attached to an aromatic ring is 1. The first-order chi connectivity index (χ1) is 9.01. The van der Waals surface area contributed by atoms with Gasteiger partial charge in [-0.25, -0.2) is 8.42 Å². The monoisotopic (exact) mass is 309 g/mol. The third-order valence-electron chi connectivity index (χ3n) is 2.82. The highest BCUT2D eigenvalue weighted by atomic mass is 32.2. The fourth-order valence-electron chi connectivity index (χ4n) is 1.71. The minimum atomic E-state index is -4.61. The van der Waals surface area contributed by atoms with Gasteiger partial charge in [-0.05, 0) is 30.0 Å². The Kier molecular flexibility index (Phi) is 5.07. The van der Waals surface area contributed by atoms with Gasteiger partial charge in [0.05, 0.1) is 17.1 Å². The van der Waals surface area contributed by atoms with Gasteiger partial charge in [-0.3, -0.25) is 0 Å². The summed E-state index contributed by atoms with van der Waals surface area (Å²) >= 11 is 0. The van der Waals surface area contributed by atoms with Crippen LogP contribution in [0, 0.1) is 5.92 Å². The fourth-order valence-corrected chi connectivity index (χ4v) is 3.41. The average molecular weight is 309 g/mol. The van der Waals surface area contributed by atoms with E-state index in [1.165, 1.54) is 6.07 Å². The van der Waals surface area contributed by atoms with Crippen LogP contribution in [-0.4, -0.2) is 14.2 Å². The van der Waals surface area contributed by atoms with E-state index in [-0.39, 0.29) is 22.9 Å². The van der Waals surface area contributed by atoms with E-state index in [1.54, 1.807) is 0 Å². The van der Waals surface area contributed by atoms with Crippen LogP contribution in [0.2, 0.25) is 0 Å². The molecule has 0 radical (unpaired) electrons. The molecule has 0 aromatic heterocycles. The zero-order chi connectivity index (χ0) is 15.6. The quantitative estimate of drug-likeness (QED) is 0.849. The van der Waals surface area contributed by atoms with Crippen molar-refractivity contribution in [2.45, 2.75) is 32.2 Å². The third-order valence-corrected chi connectivity index (χ3v) is 4.43. The first-order valence-corrected chi connectivity index (χ1v) is 7.99. The van der Waals surface area contributed by atoms with Gasteiger partial charge in [-0.1, -0.05) is 19.9 Å². The van der Waals surface area contributed by atoms with Crippen molar-refractivity contribution in [3.63, 3.8) is 0 Å². The van der Waals surface area contributed by atoms with E-state index in [4.69, 9.17) is 5.73 Å². The summed E-state index contributed by atoms with van der Waals surface area (Å²) in [5, 5.41) is 0. The van der Waals surface area contributed by atoms with E-state index in [9.17, 15) is 21.6 Å². The lowest BCUT2D eigenvalue weighted by molar-refractivity contribution is -0.138. The second kappa shape index (κ2) is 6.03. The van der Waals surface area contributed by atoms with Gasteiger partial charge < -0.3 is 5.73 Å². The Labute approximate surface area is 116 Å². The van der Waals surface area contributed by atoms with Crippen LogP contribution in [0.3, 0.4) is 0 Å². The van der Waals surface area contributed by atoms with E-state index in [1.807, 2.05) is 13.8 Å². The molecule has 0 amide bonds. The molecule has 0 unspecified atom stereocenters. The molecule has 0 fully saturated rings. The van der Waals surface area contributed by atoms with Gasteiger partial charge in [0.25, 0.3) is 0 Å². The van der Waals surface area contributed by atoms with Crippen molar-refractivity contribution in [1.29, 1.82) is 0 Å². The lowest BCUT2D eigenvalue weighted by Gasteiger charge is -2.14. The van der Waals surface area contributed by atoms with E-state index in [0.29, 0.717) is 6.42 Å². The van der Waals surface area contributed by atoms with Crippen LogP contribution in [0.1, 0.15) is 31.4 Å². The van der Waals surface area contributed by atoms with Crippen LogP contribution >= 0.6 is 0 Å². The molecule has 0 heterocycles. The van der Waals surface area contributed by atoms with E-state index >= 15 is 0 Å². The van der Waals surface area contributed by atoms with Crippen molar-refractivity contribution < 1.29 is 21.6 Å². The van der Waals surface area contributed by atoms with E-state index in [2.05, 4.69) is 0 Å². The van der Waals surface area contributed by atoms with Crippen LogP contribution < -0.4 is 5.73 Å². The molecule has 20 heavy (non-hydrogen) atoms. The molecular formula is C13H18F3NO2S. The maximum absolute atomic E-state index is 12.9.